The first-order valence-corrected chi connectivity index (χ1v) is 7.52. The average molecular weight is 394 g/mol. The number of nitrogens with one attached hydrogen (secondary N) is 2. The molecule has 1 fully saturated rings. The van der Waals surface area contributed by atoms with Crippen molar-refractivity contribution in [3.05, 3.63) is 38.3 Å². The van der Waals surface area contributed by atoms with E-state index in [-0.39, 0.29) is 24.0 Å². The number of benzene rings is 1. The van der Waals surface area contributed by atoms with Gasteiger partial charge in [-0.05, 0) is 22.0 Å². The van der Waals surface area contributed by atoms with Gasteiger partial charge in [0.15, 0.2) is 0 Å². The van der Waals surface area contributed by atoms with Crippen LogP contribution in [0.4, 0.5) is 5.69 Å². The first-order valence-electron chi connectivity index (χ1n) is 6.73. The molecule has 22 heavy (non-hydrogen) atoms. The van der Waals surface area contributed by atoms with Crippen LogP contribution in [0.1, 0.15) is 10.4 Å². The van der Waals surface area contributed by atoms with Crippen LogP contribution in [-0.4, -0.2) is 55.0 Å². The Morgan fingerprint density at radius 2 is 2.09 bits per heavy atom. The quantitative estimate of drug-likeness (QED) is 0.583. The summed E-state index contributed by atoms with van der Waals surface area (Å²) >= 11 is 3.20. The molecule has 1 aliphatic heterocycles. The first-order chi connectivity index (χ1) is 10.1. The van der Waals surface area contributed by atoms with Gasteiger partial charge in [-0.3, -0.25) is 19.8 Å². The monoisotopic (exact) mass is 392 g/mol. The molecule has 0 radical (unpaired) electrons. The zero-order chi connectivity index (χ0) is 15.2. The van der Waals surface area contributed by atoms with E-state index in [0.717, 1.165) is 32.7 Å². The highest BCUT2D eigenvalue weighted by Gasteiger charge is 2.15. The third kappa shape index (κ3) is 5.20. The molecule has 1 aromatic carbocycles. The molecular weight excluding hydrogens is 376 g/mol. The van der Waals surface area contributed by atoms with Crippen molar-refractivity contribution in [1.82, 2.24) is 15.5 Å². The van der Waals surface area contributed by atoms with Crippen molar-refractivity contribution >= 4 is 39.9 Å². The Labute approximate surface area is 143 Å². The fourth-order valence-electron chi connectivity index (χ4n) is 2.16. The van der Waals surface area contributed by atoms with E-state index in [1.165, 1.54) is 18.2 Å². The molecule has 1 aliphatic rings. The van der Waals surface area contributed by atoms with Gasteiger partial charge in [0.25, 0.3) is 11.6 Å². The number of carbonyl (C=O) groups is 1. The topological polar surface area (TPSA) is 87.5 Å². The SMILES string of the molecule is Cl.O=C(NCCN1CCNCC1)c1ccc([N+](=O)[O-])cc1Br. The molecule has 1 amide bonds. The van der Waals surface area contributed by atoms with Crippen LogP contribution in [0.2, 0.25) is 0 Å². The minimum atomic E-state index is -0.489. The number of hydrogen-bond donors (Lipinski definition) is 2. The standard InChI is InChI=1S/C13H17BrN4O3.ClH/c14-12-9-10(18(20)21)1-2-11(12)13(19)16-5-8-17-6-3-15-4-7-17;/h1-2,9,15H,3-8H2,(H,16,19);1H. The van der Waals surface area contributed by atoms with Crippen LogP contribution in [0.3, 0.4) is 0 Å². The summed E-state index contributed by atoms with van der Waals surface area (Å²) in [5.74, 6) is -0.230. The normalized spacial score (nSPS) is 15.0. The van der Waals surface area contributed by atoms with Crippen molar-refractivity contribution in [2.24, 2.45) is 0 Å². The second-order valence-corrected chi connectivity index (χ2v) is 5.62. The van der Waals surface area contributed by atoms with Crippen LogP contribution < -0.4 is 10.6 Å². The number of non-ortho nitro benzene ring substituents is 1. The fraction of sp³-hybridized carbons (Fsp3) is 0.462. The largest absolute Gasteiger partial charge is 0.351 e. The van der Waals surface area contributed by atoms with Crippen molar-refractivity contribution in [3.63, 3.8) is 0 Å². The molecule has 122 valence electrons. The van der Waals surface area contributed by atoms with Crippen LogP contribution in [0.15, 0.2) is 22.7 Å². The Morgan fingerprint density at radius 3 is 2.68 bits per heavy atom. The molecule has 7 nitrogen and oxygen atoms in total. The third-order valence-electron chi connectivity index (χ3n) is 3.33. The molecule has 0 unspecified atom stereocenters. The minimum Gasteiger partial charge on any atom is -0.351 e. The van der Waals surface area contributed by atoms with Crippen molar-refractivity contribution in [2.75, 3.05) is 39.3 Å². The van der Waals surface area contributed by atoms with Crippen LogP contribution in [0, 0.1) is 10.1 Å². The molecule has 1 saturated heterocycles. The number of rotatable bonds is 5. The summed E-state index contributed by atoms with van der Waals surface area (Å²) in [5, 5.41) is 16.8. The number of halogens is 2. The second kappa shape index (κ2) is 9.04. The van der Waals surface area contributed by atoms with Crippen molar-refractivity contribution in [2.45, 2.75) is 0 Å². The van der Waals surface area contributed by atoms with E-state index in [0.29, 0.717) is 16.6 Å². The van der Waals surface area contributed by atoms with Gasteiger partial charge in [-0.25, -0.2) is 0 Å². The molecule has 1 aromatic rings. The smallest absolute Gasteiger partial charge is 0.270 e. The van der Waals surface area contributed by atoms with Gasteiger partial charge in [0.05, 0.1) is 10.5 Å². The van der Waals surface area contributed by atoms with Crippen LogP contribution in [0.25, 0.3) is 0 Å². The van der Waals surface area contributed by atoms with E-state index < -0.39 is 4.92 Å². The summed E-state index contributed by atoms with van der Waals surface area (Å²) < 4.78 is 0.427. The summed E-state index contributed by atoms with van der Waals surface area (Å²) in [4.78, 5) is 24.5. The summed E-state index contributed by atoms with van der Waals surface area (Å²) in [5.41, 5.74) is 0.361. The Hall–Kier alpha value is -1.22. The van der Waals surface area contributed by atoms with E-state index in [1.54, 1.807) is 0 Å². The third-order valence-corrected chi connectivity index (χ3v) is 3.99. The van der Waals surface area contributed by atoms with Gasteiger partial charge in [-0.15, -0.1) is 12.4 Å². The van der Waals surface area contributed by atoms with Crippen LogP contribution >= 0.6 is 28.3 Å². The number of piperazine rings is 1. The predicted octanol–water partition coefficient (Wildman–Crippen LogP) is 1.41. The highest BCUT2D eigenvalue weighted by Crippen LogP contribution is 2.22. The maximum atomic E-state index is 12.0. The van der Waals surface area contributed by atoms with Crippen molar-refractivity contribution in [3.8, 4) is 0 Å². The first kappa shape index (κ1) is 18.8. The summed E-state index contributed by atoms with van der Waals surface area (Å²) in [6.07, 6.45) is 0. The molecule has 0 atom stereocenters. The van der Waals surface area contributed by atoms with E-state index in [4.69, 9.17) is 0 Å². The molecule has 0 spiro atoms. The van der Waals surface area contributed by atoms with Gasteiger partial charge >= 0.3 is 0 Å². The molecule has 2 N–H and O–H groups in total. The zero-order valence-corrected chi connectivity index (χ0v) is 14.3. The number of amides is 1. The van der Waals surface area contributed by atoms with Gasteiger partial charge in [-0.1, -0.05) is 0 Å². The summed E-state index contributed by atoms with van der Waals surface area (Å²) in [6.45, 7) is 5.28. The van der Waals surface area contributed by atoms with Crippen LogP contribution in [-0.2, 0) is 0 Å². The van der Waals surface area contributed by atoms with Crippen molar-refractivity contribution in [1.29, 1.82) is 0 Å². The molecule has 0 aliphatic carbocycles. The van der Waals surface area contributed by atoms with Gasteiger partial charge < -0.3 is 10.6 Å². The lowest BCUT2D eigenvalue weighted by Crippen LogP contribution is -2.46. The Bertz CT molecular complexity index is 538. The Morgan fingerprint density at radius 1 is 1.41 bits per heavy atom. The highest BCUT2D eigenvalue weighted by atomic mass is 79.9. The molecule has 0 saturated carbocycles. The molecule has 1 heterocycles. The molecule has 9 heteroatoms. The van der Waals surface area contributed by atoms with E-state index >= 15 is 0 Å². The molecule has 0 bridgehead atoms. The number of hydrogen-bond acceptors (Lipinski definition) is 5. The number of nitrogens with zero attached hydrogens (tertiary/aromatic N) is 2. The van der Waals surface area contributed by atoms with Gasteiger partial charge in [-0.2, -0.15) is 0 Å². The second-order valence-electron chi connectivity index (χ2n) is 4.77. The molecule has 0 aromatic heterocycles. The molecular formula is C13H18BrClN4O3. The van der Waals surface area contributed by atoms with E-state index in [1.807, 2.05) is 0 Å². The lowest BCUT2D eigenvalue weighted by Gasteiger charge is -2.27. The lowest BCUT2D eigenvalue weighted by molar-refractivity contribution is -0.384. The lowest BCUT2D eigenvalue weighted by atomic mass is 10.2. The van der Waals surface area contributed by atoms with Crippen molar-refractivity contribution < 1.29 is 9.72 Å². The van der Waals surface area contributed by atoms with Gasteiger partial charge in [0.2, 0.25) is 0 Å². The average Bonchev–Trinajstić information content (AvgIpc) is 2.48. The van der Waals surface area contributed by atoms with Gasteiger partial charge in [0.1, 0.15) is 0 Å². The summed E-state index contributed by atoms with van der Waals surface area (Å²) in [6, 6.07) is 4.13. The van der Waals surface area contributed by atoms with E-state index in [2.05, 4.69) is 31.5 Å². The highest BCUT2D eigenvalue weighted by molar-refractivity contribution is 9.10. The van der Waals surface area contributed by atoms with Gasteiger partial charge in [0, 0.05) is 55.9 Å². The summed E-state index contributed by atoms with van der Waals surface area (Å²) in [7, 11) is 0. The number of carbonyl (C=O) groups excluding carboxylic acids is 1. The Kier molecular flexibility index (Phi) is 7.74. The number of nitro groups is 1. The fourth-order valence-corrected chi connectivity index (χ4v) is 2.71. The Balaban J connectivity index is 0.00000242. The maximum Gasteiger partial charge on any atom is 0.270 e. The van der Waals surface area contributed by atoms with E-state index in [9.17, 15) is 14.9 Å². The zero-order valence-electron chi connectivity index (χ0n) is 11.9. The van der Waals surface area contributed by atoms with Crippen LogP contribution in [0.5, 0.6) is 0 Å². The minimum absolute atomic E-state index is 0. The molecule has 2 rings (SSSR count). The predicted molar refractivity (Wildman–Crippen MR) is 89.7 cm³/mol. The maximum absolute atomic E-state index is 12.0. The number of nitro benzene ring substituents is 1.